The van der Waals surface area contributed by atoms with E-state index in [1.54, 1.807) is 0 Å². The van der Waals surface area contributed by atoms with Crippen molar-refractivity contribution >= 4 is 0 Å². The van der Waals surface area contributed by atoms with Crippen LogP contribution in [0.25, 0.3) is 0 Å². The Morgan fingerprint density at radius 3 is 2.48 bits per heavy atom. The van der Waals surface area contributed by atoms with Gasteiger partial charge >= 0.3 is 0 Å². The van der Waals surface area contributed by atoms with Crippen molar-refractivity contribution in [1.29, 1.82) is 0 Å². The van der Waals surface area contributed by atoms with E-state index in [-0.39, 0.29) is 0 Å². The van der Waals surface area contributed by atoms with Crippen molar-refractivity contribution < 1.29 is 5.11 Å². The SMILES string of the molecule is CCC(CC)n1ccc(CC(O)c2ccc(C)nc2C)n1. The van der Waals surface area contributed by atoms with Crippen molar-refractivity contribution in [2.45, 2.75) is 59.1 Å². The Labute approximate surface area is 126 Å². The fourth-order valence-electron chi connectivity index (χ4n) is 2.71. The van der Waals surface area contributed by atoms with E-state index in [2.05, 4.69) is 23.9 Å². The number of aryl methyl sites for hydroxylation is 2. The molecule has 21 heavy (non-hydrogen) atoms. The highest BCUT2D eigenvalue weighted by Crippen LogP contribution is 2.21. The number of hydrogen-bond acceptors (Lipinski definition) is 3. The average molecular weight is 287 g/mol. The molecule has 114 valence electrons. The fourth-order valence-corrected chi connectivity index (χ4v) is 2.71. The van der Waals surface area contributed by atoms with Crippen LogP contribution in [0.4, 0.5) is 0 Å². The summed E-state index contributed by atoms with van der Waals surface area (Å²) in [6, 6.07) is 6.34. The summed E-state index contributed by atoms with van der Waals surface area (Å²) in [6.07, 6.45) is 4.13. The lowest BCUT2D eigenvalue weighted by molar-refractivity contribution is 0.175. The third-order valence-electron chi connectivity index (χ3n) is 4.01. The molecule has 1 atom stereocenters. The summed E-state index contributed by atoms with van der Waals surface area (Å²) >= 11 is 0. The van der Waals surface area contributed by atoms with Crippen LogP contribution in [0.3, 0.4) is 0 Å². The molecule has 0 amide bonds. The zero-order chi connectivity index (χ0) is 15.4. The molecule has 1 N–H and O–H groups in total. The summed E-state index contributed by atoms with van der Waals surface area (Å²) in [6.45, 7) is 8.24. The van der Waals surface area contributed by atoms with Gasteiger partial charge in [-0.25, -0.2) is 0 Å². The predicted octanol–water partition coefficient (Wildman–Crippen LogP) is 3.53. The lowest BCUT2D eigenvalue weighted by Crippen LogP contribution is -2.10. The van der Waals surface area contributed by atoms with Gasteiger partial charge in [0.05, 0.1) is 17.8 Å². The third-order valence-corrected chi connectivity index (χ3v) is 4.01. The first kappa shape index (κ1) is 15.7. The number of pyridine rings is 1. The van der Waals surface area contributed by atoms with Gasteiger partial charge in [0.25, 0.3) is 0 Å². The van der Waals surface area contributed by atoms with Crippen LogP contribution in [0.15, 0.2) is 24.4 Å². The normalized spacial score (nSPS) is 12.9. The molecule has 4 nitrogen and oxygen atoms in total. The van der Waals surface area contributed by atoms with Crippen molar-refractivity contribution in [2.24, 2.45) is 0 Å². The highest BCUT2D eigenvalue weighted by Gasteiger charge is 2.15. The molecule has 2 heterocycles. The van der Waals surface area contributed by atoms with E-state index < -0.39 is 6.10 Å². The number of aliphatic hydroxyl groups excluding tert-OH is 1. The summed E-state index contributed by atoms with van der Waals surface area (Å²) in [5.41, 5.74) is 3.68. The molecular formula is C17H25N3O. The molecule has 0 aliphatic heterocycles. The molecule has 1 unspecified atom stereocenters. The molecule has 0 bridgehead atoms. The van der Waals surface area contributed by atoms with E-state index in [1.165, 1.54) is 0 Å². The molecule has 2 rings (SSSR count). The summed E-state index contributed by atoms with van der Waals surface area (Å²) in [4.78, 5) is 4.41. The van der Waals surface area contributed by atoms with Crippen LogP contribution in [-0.2, 0) is 6.42 Å². The predicted molar refractivity (Wildman–Crippen MR) is 84.2 cm³/mol. The standard InChI is InChI=1S/C17H25N3O/c1-5-15(6-2)20-10-9-14(19-20)11-17(21)16-8-7-12(3)18-13(16)4/h7-10,15,17,21H,5-6,11H2,1-4H3. The Kier molecular flexibility index (Phi) is 5.12. The second-order valence-electron chi connectivity index (χ2n) is 5.60. The first-order valence-corrected chi connectivity index (χ1v) is 7.71. The van der Waals surface area contributed by atoms with Crippen molar-refractivity contribution in [2.75, 3.05) is 0 Å². The van der Waals surface area contributed by atoms with Crippen LogP contribution in [-0.4, -0.2) is 19.9 Å². The topological polar surface area (TPSA) is 50.9 Å². The minimum Gasteiger partial charge on any atom is -0.388 e. The molecule has 0 radical (unpaired) electrons. The van der Waals surface area contributed by atoms with Gasteiger partial charge in [0.2, 0.25) is 0 Å². The summed E-state index contributed by atoms with van der Waals surface area (Å²) in [7, 11) is 0. The van der Waals surface area contributed by atoms with Crippen LogP contribution < -0.4 is 0 Å². The highest BCUT2D eigenvalue weighted by molar-refractivity contribution is 5.25. The summed E-state index contributed by atoms with van der Waals surface area (Å²) in [5, 5.41) is 15.0. The lowest BCUT2D eigenvalue weighted by Gasteiger charge is -2.14. The molecule has 0 aliphatic carbocycles. The Balaban J connectivity index is 2.11. The molecule has 0 spiro atoms. The molecule has 2 aromatic heterocycles. The van der Waals surface area contributed by atoms with E-state index in [9.17, 15) is 5.11 Å². The monoisotopic (exact) mass is 287 g/mol. The maximum Gasteiger partial charge on any atom is 0.0863 e. The number of rotatable bonds is 6. The van der Waals surface area contributed by atoms with E-state index in [0.717, 1.165) is 35.5 Å². The summed E-state index contributed by atoms with van der Waals surface area (Å²) in [5.74, 6) is 0. The Morgan fingerprint density at radius 2 is 1.86 bits per heavy atom. The molecule has 0 saturated carbocycles. The molecule has 0 fully saturated rings. The minimum absolute atomic E-state index is 0.443. The van der Waals surface area contributed by atoms with Crippen molar-refractivity contribution in [3.63, 3.8) is 0 Å². The maximum absolute atomic E-state index is 10.4. The van der Waals surface area contributed by atoms with E-state index in [1.807, 2.05) is 42.9 Å². The van der Waals surface area contributed by atoms with Crippen LogP contribution in [0.2, 0.25) is 0 Å². The number of aromatic nitrogens is 3. The van der Waals surface area contributed by atoms with E-state index in [4.69, 9.17) is 0 Å². The van der Waals surface area contributed by atoms with Crippen LogP contribution in [0.5, 0.6) is 0 Å². The van der Waals surface area contributed by atoms with E-state index >= 15 is 0 Å². The van der Waals surface area contributed by atoms with Gasteiger partial charge in [-0.3, -0.25) is 9.67 Å². The Bertz CT molecular complexity index is 587. The number of aliphatic hydroxyl groups is 1. The third kappa shape index (κ3) is 3.70. The minimum atomic E-state index is -0.553. The largest absolute Gasteiger partial charge is 0.388 e. The van der Waals surface area contributed by atoms with Gasteiger partial charge in [0.1, 0.15) is 0 Å². The second kappa shape index (κ2) is 6.85. The van der Waals surface area contributed by atoms with Crippen molar-refractivity contribution in [3.05, 3.63) is 47.0 Å². The quantitative estimate of drug-likeness (QED) is 0.884. The molecule has 0 aliphatic rings. The lowest BCUT2D eigenvalue weighted by atomic mass is 10.0. The van der Waals surface area contributed by atoms with Gasteiger partial charge in [-0.1, -0.05) is 19.9 Å². The van der Waals surface area contributed by atoms with Crippen molar-refractivity contribution in [1.82, 2.24) is 14.8 Å². The van der Waals surface area contributed by atoms with Crippen LogP contribution in [0.1, 0.15) is 61.5 Å². The Morgan fingerprint density at radius 1 is 1.14 bits per heavy atom. The molecule has 4 heteroatoms. The summed E-state index contributed by atoms with van der Waals surface area (Å²) < 4.78 is 2.02. The molecular weight excluding hydrogens is 262 g/mol. The van der Waals surface area contributed by atoms with Gasteiger partial charge in [0.15, 0.2) is 0 Å². The zero-order valence-electron chi connectivity index (χ0n) is 13.4. The van der Waals surface area contributed by atoms with E-state index in [0.29, 0.717) is 12.5 Å². The van der Waals surface area contributed by atoms with Crippen molar-refractivity contribution in [3.8, 4) is 0 Å². The number of hydrogen-bond donors (Lipinski definition) is 1. The average Bonchev–Trinajstić information content (AvgIpc) is 2.88. The van der Waals surface area contributed by atoms with Gasteiger partial charge in [-0.15, -0.1) is 0 Å². The molecule has 2 aromatic rings. The van der Waals surface area contributed by atoms with Gasteiger partial charge in [-0.2, -0.15) is 5.10 Å². The fraction of sp³-hybridized carbons (Fsp3) is 0.529. The smallest absolute Gasteiger partial charge is 0.0863 e. The van der Waals surface area contributed by atoms with Gasteiger partial charge in [0, 0.05) is 29.6 Å². The first-order valence-electron chi connectivity index (χ1n) is 7.71. The first-order chi connectivity index (χ1) is 10.0. The van der Waals surface area contributed by atoms with Gasteiger partial charge in [-0.05, 0) is 38.8 Å². The highest BCUT2D eigenvalue weighted by atomic mass is 16.3. The molecule has 0 saturated heterocycles. The Hall–Kier alpha value is -1.68. The van der Waals surface area contributed by atoms with Gasteiger partial charge < -0.3 is 5.11 Å². The number of nitrogens with zero attached hydrogens (tertiary/aromatic N) is 3. The van der Waals surface area contributed by atoms with Crippen LogP contribution >= 0.6 is 0 Å². The molecule has 0 aromatic carbocycles. The van der Waals surface area contributed by atoms with Crippen LogP contribution in [0, 0.1) is 13.8 Å². The second-order valence-corrected chi connectivity index (χ2v) is 5.60. The zero-order valence-corrected chi connectivity index (χ0v) is 13.4. The maximum atomic E-state index is 10.4.